The Bertz CT molecular complexity index is 1550. The molecule has 3 N–H and O–H groups in total. The van der Waals surface area contributed by atoms with Gasteiger partial charge in [0.1, 0.15) is 23.1 Å². The third-order valence-corrected chi connectivity index (χ3v) is 6.88. The van der Waals surface area contributed by atoms with Gasteiger partial charge in [0.05, 0.1) is 12.7 Å². The first-order valence-electron chi connectivity index (χ1n) is 13.2. The maximum Gasteiger partial charge on any atom is 0.260 e. The van der Waals surface area contributed by atoms with Crippen LogP contribution in [0.15, 0.2) is 72.9 Å². The monoisotopic (exact) mass is 539 g/mol. The molecule has 2 unspecified atom stereocenters. The molecular weight excluding hydrogens is 506 g/mol. The summed E-state index contributed by atoms with van der Waals surface area (Å²) in [5, 5.41) is 10.8. The Balaban J connectivity index is 1.31. The summed E-state index contributed by atoms with van der Waals surface area (Å²) in [6.45, 7) is 6.08. The number of aromatic nitrogens is 1. The Hall–Kier alpha value is -4.63. The lowest BCUT2D eigenvalue weighted by atomic mass is 10.0. The van der Waals surface area contributed by atoms with Crippen molar-refractivity contribution in [2.24, 2.45) is 0 Å². The van der Waals surface area contributed by atoms with Crippen molar-refractivity contribution in [1.29, 1.82) is 0 Å². The second-order valence-corrected chi connectivity index (χ2v) is 9.96. The summed E-state index contributed by atoms with van der Waals surface area (Å²) in [4.78, 5) is 32.0. The number of carbonyl (C=O) groups excluding carboxylic acids is 2. The summed E-state index contributed by atoms with van der Waals surface area (Å²) in [6, 6.07) is 20.8. The lowest BCUT2D eigenvalue weighted by Gasteiger charge is -2.37. The molecule has 2 atom stereocenters. The molecule has 1 aliphatic rings. The quantitative estimate of drug-likeness (QED) is 0.309. The zero-order valence-electron chi connectivity index (χ0n) is 23.0. The highest BCUT2D eigenvalue weighted by atomic mass is 16.5. The highest BCUT2D eigenvalue weighted by Gasteiger charge is 2.23. The minimum atomic E-state index is -0.331. The Labute approximate surface area is 233 Å². The number of nitrogens with one attached hydrogen (secondary N) is 3. The average molecular weight is 540 g/mol. The number of methoxy groups -OCH3 is 1. The smallest absolute Gasteiger partial charge is 0.260 e. The van der Waals surface area contributed by atoms with Gasteiger partial charge in [-0.25, -0.2) is 4.98 Å². The van der Waals surface area contributed by atoms with Gasteiger partial charge >= 0.3 is 0 Å². The molecule has 0 radical (unpaired) electrons. The number of hydrogen-bond donors (Lipinski definition) is 3. The maximum atomic E-state index is 13.2. The molecule has 2 heterocycles. The summed E-state index contributed by atoms with van der Waals surface area (Å²) in [5.41, 5.74) is 2.03. The van der Waals surface area contributed by atoms with Crippen LogP contribution >= 0.6 is 0 Å². The molecule has 0 spiro atoms. The fraction of sp³-hybridized carbons (Fsp3) is 0.258. The van der Waals surface area contributed by atoms with Crippen molar-refractivity contribution >= 4 is 34.1 Å². The van der Waals surface area contributed by atoms with Crippen molar-refractivity contribution in [2.45, 2.75) is 25.9 Å². The molecule has 1 fully saturated rings. The summed E-state index contributed by atoms with van der Waals surface area (Å²) in [7, 11) is 3.17. The van der Waals surface area contributed by atoms with Crippen LogP contribution in [0.1, 0.15) is 34.6 Å². The summed E-state index contributed by atoms with van der Waals surface area (Å²) in [5.74, 6) is 1.47. The van der Waals surface area contributed by atoms with Gasteiger partial charge in [-0.05, 0) is 67.1 Å². The van der Waals surface area contributed by atoms with Crippen LogP contribution in [0, 0.1) is 0 Å². The number of nitrogens with zero attached hydrogens (tertiary/aromatic N) is 2. The van der Waals surface area contributed by atoms with Gasteiger partial charge in [0.15, 0.2) is 0 Å². The van der Waals surface area contributed by atoms with E-state index < -0.39 is 0 Å². The molecule has 0 bridgehead atoms. The number of rotatable bonds is 7. The topological polar surface area (TPSA) is 105 Å². The van der Waals surface area contributed by atoms with E-state index in [4.69, 9.17) is 9.47 Å². The van der Waals surface area contributed by atoms with Crippen LogP contribution in [-0.4, -0.2) is 56.1 Å². The van der Waals surface area contributed by atoms with Crippen molar-refractivity contribution < 1.29 is 19.1 Å². The third-order valence-electron chi connectivity index (χ3n) is 6.88. The highest BCUT2D eigenvalue weighted by Crippen LogP contribution is 2.30. The van der Waals surface area contributed by atoms with Crippen molar-refractivity contribution in [3.63, 3.8) is 0 Å². The zero-order valence-corrected chi connectivity index (χ0v) is 23.0. The van der Waals surface area contributed by atoms with Gasteiger partial charge in [-0.1, -0.05) is 12.1 Å². The van der Waals surface area contributed by atoms with E-state index in [2.05, 4.69) is 39.7 Å². The molecule has 9 nitrogen and oxygen atoms in total. The van der Waals surface area contributed by atoms with Gasteiger partial charge in [-0.3, -0.25) is 9.59 Å². The predicted molar refractivity (Wildman–Crippen MR) is 157 cm³/mol. The lowest BCUT2D eigenvalue weighted by molar-refractivity contribution is 0.0963. The van der Waals surface area contributed by atoms with Gasteiger partial charge < -0.3 is 30.3 Å². The van der Waals surface area contributed by atoms with E-state index in [-0.39, 0.29) is 11.8 Å². The van der Waals surface area contributed by atoms with E-state index >= 15 is 0 Å². The number of hydrogen-bond acceptors (Lipinski definition) is 7. The average Bonchev–Trinajstić information content (AvgIpc) is 2.95. The van der Waals surface area contributed by atoms with Crippen molar-refractivity contribution in [1.82, 2.24) is 15.6 Å². The number of amides is 2. The molecule has 2 amide bonds. The summed E-state index contributed by atoms with van der Waals surface area (Å²) >= 11 is 0. The highest BCUT2D eigenvalue weighted by molar-refractivity contribution is 6.07. The summed E-state index contributed by atoms with van der Waals surface area (Å²) in [6.07, 6.45) is 1.57. The predicted octanol–water partition coefficient (Wildman–Crippen LogP) is 4.83. The molecule has 1 aromatic heterocycles. The minimum Gasteiger partial charge on any atom is -0.496 e. The Morgan fingerprint density at radius 3 is 2.45 bits per heavy atom. The van der Waals surface area contributed by atoms with Crippen molar-refractivity contribution in [3.05, 3.63) is 84.1 Å². The first-order valence-corrected chi connectivity index (χ1v) is 13.2. The van der Waals surface area contributed by atoms with Crippen LogP contribution < -0.4 is 30.3 Å². The first kappa shape index (κ1) is 27.0. The van der Waals surface area contributed by atoms with Gasteiger partial charge in [0, 0.05) is 61.8 Å². The number of pyridine rings is 1. The molecule has 40 heavy (non-hydrogen) atoms. The van der Waals surface area contributed by atoms with Gasteiger partial charge in [0.25, 0.3) is 11.8 Å². The normalized spacial score (nSPS) is 16.9. The molecule has 206 valence electrons. The maximum absolute atomic E-state index is 13.2. The van der Waals surface area contributed by atoms with Gasteiger partial charge in [-0.2, -0.15) is 0 Å². The third kappa shape index (κ3) is 5.84. The Kier molecular flexibility index (Phi) is 7.84. The fourth-order valence-corrected chi connectivity index (χ4v) is 5.12. The van der Waals surface area contributed by atoms with Crippen LogP contribution in [-0.2, 0) is 0 Å². The van der Waals surface area contributed by atoms with E-state index in [0.29, 0.717) is 46.3 Å². The van der Waals surface area contributed by atoms with Crippen LogP contribution in [0.25, 0.3) is 10.8 Å². The Morgan fingerprint density at radius 1 is 0.925 bits per heavy atom. The molecule has 5 rings (SSSR count). The molecule has 9 heteroatoms. The summed E-state index contributed by atoms with van der Waals surface area (Å²) < 4.78 is 11.6. The largest absolute Gasteiger partial charge is 0.496 e. The minimum absolute atomic E-state index is 0.145. The molecule has 3 aromatic carbocycles. The second kappa shape index (κ2) is 11.6. The van der Waals surface area contributed by atoms with Crippen molar-refractivity contribution in [3.8, 4) is 17.2 Å². The van der Waals surface area contributed by atoms with E-state index in [9.17, 15) is 9.59 Å². The van der Waals surface area contributed by atoms with E-state index in [1.165, 1.54) is 0 Å². The molecule has 1 aliphatic heterocycles. The number of anilines is 2. The molecule has 4 aromatic rings. The second-order valence-electron chi connectivity index (χ2n) is 9.96. The zero-order chi connectivity index (χ0) is 28.2. The lowest BCUT2D eigenvalue weighted by Crippen LogP contribution is -2.54. The number of piperazine rings is 1. The number of fused-ring (bicyclic) bond motifs is 1. The van der Waals surface area contributed by atoms with Crippen molar-refractivity contribution in [2.75, 3.05) is 37.5 Å². The fourth-order valence-electron chi connectivity index (χ4n) is 5.12. The Morgan fingerprint density at radius 2 is 1.70 bits per heavy atom. The molecule has 1 saturated heterocycles. The molecular formula is C31H33N5O4. The number of ether oxygens (including phenoxy) is 2. The standard InChI is InChI=1S/C31H33N5O4/c1-19-17-36(18-20(2)34-19)22-8-10-27(28(15-22)39-4)31(38)35-29-16-24(12-13-33-29)40-23-9-11-25-21(14-23)6-5-7-26(25)30(37)32-3/h5-16,19-20,34H,17-18H2,1-4H3,(H,32,37)(H,33,35,38). The first-order chi connectivity index (χ1) is 19.3. The number of benzene rings is 3. The number of carbonyl (C=O) groups is 2. The van der Waals surface area contributed by atoms with Crippen LogP contribution in [0.5, 0.6) is 17.2 Å². The van der Waals surface area contributed by atoms with Gasteiger partial charge in [-0.15, -0.1) is 0 Å². The SMILES string of the molecule is CNC(=O)c1cccc2cc(Oc3ccnc(NC(=O)c4ccc(N5CC(C)NC(C)C5)cc4OC)c3)ccc12. The van der Waals surface area contributed by atoms with E-state index in [1.807, 2.05) is 36.4 Å². The van der Waals surface area contributed by atoms with E-state index in [1.54, 1.807) is 50.7 Å². The van der Waals surface area contributed by atoms with Crippen LogP contribution in [0.4, 0.5) is 11.5 Å². The molecule has 0 aliphatic carbocycles. The molecule has 0 saturated carbocycles. The van der Waals surface area contributed by atoms with Crippen LogP contribution in [0.3, 0.4) is 0 Å². The van der Waals surface area contributed by atoms with Crippen LogP contribution in [0.2, 0.25) is 0 Å². The van der Waals surface area contributed by atoms with Gasteiger partial charge in [0.2, 0.25) is 0 Å². The van der Waals surface area contributed by atoms with E-state index in [0.717, 1.165) is 29.5 Å².